The third-order valence-corrected chi connectivity index (χ3v) is 2.80. The number of hydrogen-bond donors (Lipinski definition) is 2. The molecule has 1 aromatic heterocycles. The number of rotatable bonds is 1. The fraction of sp³-hybridized carbons (Fsp3) is 0.0909. The number of benzene rings is 1. The van der Waals surface area contributed by atoms with Crippen LogP contribution in [-0.4, -0.2) is 14.9 Å². The van der Waals surface area contributed by atoms with Crippen LogP contribution in [0.5, 0.6) is 5.75 Å². The zero-order valence-electron chi connectivity index (χ0n) is 9.53. The van der Waals surface area contributed by atoms with Crippen molar-refractivity contribution < 1.29 is 18.3 Å². The normalized spacial score (nSPS) is 11.6. The molecule has 0 radical (unpaired) electrons. The molecule has 20 heavy (non-hydrogen) atoms. The molecule has 0 saturated carbocycles. The molecule has 1 heterocycles. The molecule has 0 spiro atoms. The van der Waals surface area contributed by atoms with E-state index in [1.165, 1.54) is 0 Å². The van der Waals surface area contributed by atoms with E-state index in [0.29, 0.717) is 10.7 Å². The molecule has 0 saturated heterocycles. The van der Waals surface area contributed by atoms with E-state index in [9.17, 15) is 22.8 Å². The van der Waals surface area contributed by atoms with Crippen molar-refractivity contribution in [2.75, 3.05) is 0 Å². The molecule has 0 bridgehead atoms. The van der Waals surface area contributed by atoms with E-state index < -0.39 is 33.5 Å². The second kappa shape index (κ2) is 4.71. The van der Waals surface area contributed by atoms with Crippen LogP contribution < -0.4 is 11.0 Å². The van der Waals surface area contributed by atoms with Crippen LogP contribution in [0.4, 0.5) is 13.2 Å². The van der Waals surface area contributed by atoms with Crippen LogP contribution in [0, 0.1) is 0 Å². The monoisotopic (exact) mass is 306 g/mol. The first kappa shape index (κ1) is 14.2. The zero-order chi connectivity index (χ0) is 15.1. The van der Waals surface area contributed by atoms with E-state index in [1.54, 1.807) is 0 Å². The van der Waals surface area contributed by atoms with Gasteiger partial charge < -0.3 is 5.11 Å². The topological polar surface area (TPSA) is 75.1 Å². The molecule has 2 N–H and O–H groups in total. The molecule has 0 aliphatic heterocycles. The maximum Gasteiger partial charge on any atom is 0.417 e. The van der Waals surface area contributed by atoms with Gasteiger partial charge in [0, 0.05) is 0 Å². The molecule has 2 aromatic rings. The first-order chi connectivity index (χ1) is 9.21. The fourth-order valence-electron chi connectivity index (χ4n) is 1.52. The van der Waals surface area contributed by atoms with Gasteiger partial charge in [-0.2, -0.15) is 13.2 Å². The van der Waals surface area contributed by atoms with E-state index in [-0.39, 0.29) is 5.69 Å². The van der Waals surface area contributed by atoms with Crippen LogP contribution in [0.15, 0.2) is 34.0 Å². The highest BCUT2D eigenvalue weighted by atomic mass is 35.5. The highest BCUT2D eigenvalue weighted by Crippen LogP contribution is 2.35. The third kappa shape index (κ3) is 2.42. The smallest absolute Gasteiger partial charge is 0.417 e. The number of hydrogen-bond acceptors (Lipinski definition) is 3. The fourth-order valence-corrected chi connectivity index (χ4v) is 1.75. The summed E-state index contributed by atoms with van der Waals surface area (Å²) in [5, 5.41) is 10.7. The summed E-state index contributed by atoms with van der Waals surface area (Å²) in [5.41, 5.74) is -3.81. The summed E-state index contributed by atoms with van der Waals surface area (Å²) in [6.45, 7) is 0. The first-order valence-electron chi connectivity index (χ1n) is 5.12. The van der Waals surface area contributed by atoms with E-state index in [1.807, 2.05) is 0 Å². The van der Waals surface area contributed by atoms with Gasteiger partial charge in [-0.1, -0.05) is 11.6 Å². The predicted octanol–water partition coefficient (Wildman–Crippen LogP) is 1.90. The molecule has 2 rings (SSSR count). The van der Waals surface area contributed by atoms with Crippen LogP contribution in [0.2, 0.25) is 5.02 Å². The van der Waals surface area contributed by atoms with Crippen molar-refractivity contribution in [2.24, 2.45) is 0 Å². The largest absolute Gasteiger partial charge is 0.503 e. The molecule has 5 nitrogen and oxygen atoms in total. The van der Waals surface area contributed by atoms with Crippen LogP contribution in [0.1, 0.15) is 5.56 Å². The minimum Gasteiger partial charge on any atom is -0.503 e. The average Bonchev–Trinajstić information content (AvgIpc) is 2.36. The maximum absolute atomic E-state index is 12.7. The molecule has 0 atom stereocenters. The highest BCUT2D eigenvalue weighted by Gasteiger charge is 2.33. The Labute approximate surface area is 113 Å². The Kier molecular flexibility index (Phi) is 3.34. The average molecular weight is 307 g/mol. The number of aromatic amines is 1. The summed E-state index contributed by atoms with van der Waals surface area (Å²) in [6.07, 6.45) is -3.90. The van der Waals surface area contributed by atoms with Gasteiger partial charge in [-0.15, -0.1) is 0 Å². The predicted molar refractivity (Wildman–Crippen MR) is 64.3 cm³/mol. The van der Waals surface area contributed by atoms with Gasteiger partial charge in [-0.25, -0.2) is 4.68 Å². The Balaban J connectivity index is 2.70. The standard InChI is InChI=1S/C11H6ClF3N2O3/c12-7-2-1-5(3-6(7)11(13,14)15)17-10(20)9(19)8(18)4-16-17/h1-4,16,18H. The number of H-pyrrole nitrogens is 1. The maximum atomic E-state index is 12.7. The van der Waals surface area contributed by atoms with Gasteiger partial charge in [-0.3, -0.25) is 14.7 Å². The lowest BCUT2D eigenvalue weighted by Gasteiger charge is -2.12. The summed E-state index contributed by atoms with van der Waals surface area (Å²) in [5.74, 6) is -0.823. The summed E-state index contributed by atoms with van der Waals surface area (Å²) in [7, 11) is 0. The Bertz CT molecular complexity index is 780. The summed E-state index contributed by atoms with van der Waals surface area (Å²) in [4.78, 5) is 22.8. The van der Waals surface area contributed by atoms with E-state index in [4.69, 9.17) is 16.7 Å². The summed E-state index contributed by atoms with van der Waals surface area (Å²) in [6, 6.07) is 2.71. The minimum atomic E-state index is -4.70. The van der Waals surface area contributed by atoms with Gasteiger partial charge in [0.1, 0.15) is 0 Å². The Morgan fingerprint density at radius 1 is 1.25 bits per heavy atom. The number of nitrogens with one attached hydrogen (secondary N) is 1. The van der Waals surface area contributed by atoms with Gasteiger partial charge >= 0.3 is 11.7 Å². The van der Waals surface area contributed by atoms with Crippen molar-refractivity contribution in [2.45, 2.75) is 6.18 Å². The second-order valence-electron chi connectivity index (χ2n) is 3.79. The Morgan fingerprint density at radius 3 is 2.50 bits per heavy atom. The van der Waals surface area contributed by atoms with Gasteiger partial charge in [0.15, 0.2) is 5.75 Å². The van der Waals surface area contributed by atoms with Crippen molar-refractivity contribution in [1.82, 2.24) is 9.78 Å². The third-order valence-electron chi connectivity index (χ3n) is 2.47. The number of aromatic hydroxyl groups is 1. The molecule has 0 unspecified atom stereocenters. The van der Waals surface area contributed by atoms with Crippen molar-refractivity contribution in [3.63, 3.8) is 0 Å². The molecule has 0 aliphatic rings. The molecule has 1 aromatic carbocycles. The zero-order valence-corrected chi connectivity index (χ0v) is 10.3. The summed E-state index contributed by atoms with van der Waals surface area (Å²) < 4.78 is 38.7. The van der Waals surface area contributed by atoms with Gasteiger partial charge in [0.05, 0.1) is 22.5 Å². The quantitative estimate of drug-likeness (QED) is 0.790. The number of halogens is 4. The van der Waals surface area contributed by atoms with E-state index in [2.05, 4.69) is 5.10 Å². The lowest BCUT2D eigenvalue weighted by Crippen LogP contribution is -2.34. The second-order valence-corrected chi connectivity index (χ2v) is 4.20. The SMILES string of the molecule is O=c1c(O)c[nH]n(-c2ccc(Cl)c(C(F)(F)F)c2)c1=O. The first-order valence-corrected chi connectivity index (χ1v) is 5.50. The Hall–Kier alpha value is -2.22. The van der Waals surface area contributed by atoms with Gasteiger partial charge in [-0.05, 0) is 18.2 Å². The van der Waals surface area contributed by atoms with Crippen LogP contribution in [0.25, 0.3) is 5.69 Å². The Morgan fingerprint density at radius 2 is 1.90 bits per heavy atom. The van der Waals surface area contributed by atoms with Crippen molar-refractivity contribution in [3.05, 3.63) is 55.6 Å². The lowest BCUT2D eigenvalue weighted by atomic mass is 10.2. The number of aromatic nitrogens is 2. The molecule has 106 valence electrons. The molecule has 0 fully saturated rings. The van der Waals surface area contributed by atoms with E-state index in [0.717, 1.165) is 18.3 Å². The molecular weight excluding hydrogens is 301 g/mol. The van der Waals surface area contributed by atoms with Gasteiger partial charge in [0.2, 0.25) is 0 Å². The molecule has 9 heteroatoms. The molecule has 0 aliphatic carbocycles. The highest BCUT2D eigenvalue weighted by molar-refractivity contribution is 6.31. The van der Waals surface area contributed by atoms with Gasteiger partial charge in [0.25, 0.3) is 5.43 Å². The molecule has 0 amide bonds. The lowest BCUT2D eigenvalue weighted by molar-refractivity contribution is -0.137. The number of alkyl halides is 3. The molecular formula is C11H6ClF3N2O3. The van der Waals surface area contributed by atoms with Crippen molar-refractivity contribution >= 4 is 11.6 Å². The van der Waals surface area contributed by atoms with Crippen molar-refractivity contribution in [3.8, 4) is 11.4 Å². The number of nitrogens with zero attached hydrogens (tertiary/aromatic N) is 1. The van der Waals surface area contributed by atoms with Crippen LogP contribution in [-0.2, 0) is 6.18 Å². The van der Waals surface area contributed by atoms with Crippen LogP contribution >= 0.6 is 11.6 Å². The summed E-state index contributed by atoms with van der Waals surface area (Å²) >= 11 is 5.45. The minimum absolute atomic E-state index is 0.233. The van der Waals surface area contributed by atoms with E-state index >= 15 is 0 Å². The van der Waals surface area contributed by atoms with Crippen LogP contribution in [0.3, 0.4) is 0 Å². The van der Waals surface area contributed by atoms with Crippen molar-refractivity contribution in [1.29, 1.82) is 0 Å².